The standard InChI is InChI=1S/C53H99NO7/c1-6-8-10-12-14-16-18-20-22-24-25-26-27-28-30-32-34-36-38-40-42-44-52(56)61-49(47-59-46-45-50(53(57)58)54(3,4)5)48-60-51(55)43-41-39-37-35-33-31-29-23-21-19-17-15-13-11-9-7-2/h8,10,14,16,49-50H,6-7,9,11-13,15,17-48H2,1-5H3/p+1/b10-8+,16-14+. The summed E-state index contributed by atoms with van der Waals surface area (Å²) in [6, 6.07) is -0.611. The lowest BCUT2D eigenvalue weighted by molar-refractivity contribution is -0.887. The molecule has 0 spiro atoms. The molecule has 0 rings (SSSR count). The lowest BCUT2D eigenvalue weighted by Gasteiger charge is -2.31. The molecule has 0 saturated heterocycles. The molecule has 8 nitrogen and oxygen atoms in total. The van der Waals surface area contributed by atoms with Gasteiger partial charge in [0.25, 0.3) is 0 Å². The SMILES string of the molecule is CC/C=C/C/C=C/CCCCCCCCCCCCCCCCC(=O)OC(COCCC(C(=O)O)[N+](C)(C)C)COC(=O)CCCCCCCCCCCCCCCCCC. The molecule has 0 aromatic heterocycles. The number of aliphatic carboxylic acids is 1. The molecule has 61 heavy (non-hydrogen) atoms. The number of ether oxygens (including phenoxy) is 3. The maximum Gasteiger partial charge on any atom is 0.362 e. The predicted molar refractivity (Wildman–Crippen MR) is 257 cm³/mol. The van der Waals surface area contributed by atoms with Crippen molar-refractivity contribution in [1.82, 2.24) is 0 Å². The second-order valence-corrected chi connectivity index (χ2v) is 18.8. The van der Waals surface area contributed by atoms with E-state index in [9.17, 15) is 19.5 Å². The third kappa shape index (κ3) is 42.9. The Bertz CT molecular complexity index is 1050. The highest BCUT2D eigenvalue weighted by atomic mass is 16.6. The minimum Gasteiger partial charge on any atom is -0.477 e. The third-order valence-corrected chi connectivity index (χ3v) is 11.9. The van der Waals surface area contributed by atoms with E-state index in [4.69, 9.17) is 14.2 Å². The molecule has 2 unspecified atom stereocenters. The Kier molecular flexibility index (Phi) is 42.8. The molecule has 0 bridgehead atoms. The highest BCUT2D eigenvalue weighted by Gasteiger charge is 2.31. The first-order chi connectivity index (χ1) is 29.6. The van der Waals surface area contributed by atoms with Gasteiger partial charge in [-0.3, -0.25) is 9.59 Å². The summed E-state index contributed by atoms with van der Waals surface area (Å²) in [7, 11) is 5.55. The summed E-state index contributed by atoms with van der Waals surface area (Å²) >= 11 is 0. The molecule has 0 aliphatic rings. The molecule has 0 fully saturated rings. The Balaban J connectivity index is 4.19. The van der Waals surface area contributed by atoms with Gasteiger partial charge in [-0.25, -0.2) is 4.79 Å². The largest absolute Gasteiger partial charge is 0.477 e. The van der Waals surface area contributed by atoms with Gasteiger partial charge in [-0.15, -0.1) is 0 Å². The van der Waals surface area contributed by atoms with Gasteiger partial charge in [0.2, 0.25) is 0 Å². The molecule has 0 saturated carbocycles. The van der Waals surface area contributed by atoms with Crippen molar-refractivity contribution in [1.29, 1.82) is 0 Å². The van der Waals surface area contributed by atoms with Gasteiger partial charge in [-0.1, -0.05) is 212 Å². The van der Waals surface area contributed by atoms with Crippen LogP contribution in [0.1, 0.15) is 245 Å². The van der Waals surface area contributed by atoms with E-state index in [1.165, 1.54) is 161 Å². The monoisotopic (exact) mass is 863 g/mol. The van der Waals surface area contributed by atoms with Crippen LogP contribution < -0.4 is 0 Å². The van der Waals surface area contributed by atoms with Crippen molar-refractivity contribution in [3.8, 4) is 0 Å². The number of allylic oxidation sites excluding steroid dienone is 4. The van der Waals surface area contributed by atoms with Gasteiger partial charge in [-0.05, 0) is 38.5 Å². The zero-order valence-electron chi connectivity index (χ0n) is 40.9. The van der Waals surface area contributed by atoms with E-state index >= 15 is 0 Å². The van der Waals surface area contributed by atoms with Gasteiger partial charge in [0, 0.05) is 19.3 Å². The smallest absolute Gasteiger partial charge is 0.362 e. The van der Waals surface area contributed by atoms with Crippen LogP contribution in [0.4, 0.5) is 0 Å². The quantitative estimate of drug-likeness (QED) is 0.0281. The number of carboxylic acid groups (broad SMARTS) is 1. The molecule has 8 heteroatoms. The zero-order valence-corrected chi connectivity index (χ0v) is 40.9. The van der Waals surface area contributed by atoms with Crippen molar-refractivity contribution in [2.75, 3.05) is 41.0 Å². The summed E-state index contributed by atoms with van der Waals surface area (Å²) < 4.78 is 17.4. The number of likely N-dealkylation sites (N-methyl/N-ethyl adjacent to an activating group) is 1. The Labute approximate surface area is 377 Å². The number of nitrogens with zero attached hydrogens (tertiary/aromatic N) is 1. The van der Waals surface area contributed by atoms with E-state index in [0.717, 1.165) is 51.4 Å². The van der Waals surface area contributed by atoms with Gasteiger partial charge >= 0.3 is 17.9 Å². The fourth-order valence-corrected chi connectivity index (χ4v) is 7.90. The van der Waals surface area contributed by atoms with E-state index in [2.05, 4.69) is 38.2 Å². The average molecular weight is 863 g/mol. The number of unbranched alkanes of at least 4 members (excludes halogenated alkanes) is 29. The van der Waals surface area contributed by atoms with Crippen LogP contribution in [0, 0.1) is 0 Å². The number of quaternary nitrogens is 1. The van der Waals surface area contributed by atoms with E-state index in [0.29, 0.717) is 19.3 Å². The first-order valence-corrected chi connectivity index (χ1v) is 25.9. The second kappa shape index (κ2) is 44.4. The van der Waals surface area contributed by atoms with Crippen LogP contribution in [0.3, 0.4) is 0 Å². The van der Waals surface area contributed by atoms with Crippen LogP contribution in [0.5, 0.6) is 0 Å². The summed E-state index contributed by atoms with van der Waals surface area (Å²) in [6.07, 6.45) is 50.8. The third-order valence-electron chi connectivity index (χ3n) is 11.9. The molecule has 1 N–H and O–H groups in total. The van der Waals surface area contributed by atoms with Gasteiger partial charge in [0.05, 0.1) is 34.4 Å². The summed E-state index contributed by atoms with van der Waals surface area (Å²) in [5.74, 6) is -1.45. The van der Waals surface area contributed by atoms with Crippen LogP contribution >= 0.6 is 0 Å². The number of rotatable bonds is 47. The van der Waals surface area contributed by atoms with Gasteiger partial charge in [0.15, 0.2) is 12.1 Å². The first kappa shape index (κ1) is 58.8. The van der Waals surface area contributed by atoms with E-state index in [1.807, 2.05) is 21.1 Å². The molecule has 0 aromatic rings. The maximum atomic E-state index is 12.8. The molecule has 0 aliphatic carbocycles. The Morgan fingerprint density at radius 2 is 0.918 bits per heavy atom. The topological polar surface area (TPSA) is 99.1 Å². The molecule has 0 aliphatic heterocycles. The minimum atomic E-state index is -0.871. The van der Waals surface area contributed by atoms with Crippen molar-refractivity contribution < 1.29 is 38.2 Å². The van der Waals surface area contributed by atoms with Gasteiger partial charge in [0.1, 0.15) is 6.61 Å². The normalized spacial score (nSPS) is 13.0. The first-order valence-electron chi connectivity index (χ1n) is 25.9. The molecule has 2 atom stereocenters. The van der Waals surface area contributed by atoms with Crippen molar-refractivity contribution in [3.05, 3.63) is 24.3 Å². The van der Waals surface area contributed by atoms with Crippen molar-refractivity contribution in [3.63, 3.8) is 0 Å². The molecule has 0 radical (unpaired) electrons. The van der Waals surface area contributed by atoms with Crippen molar-refractivity contribution in [2.45, 2.75) is 257 Å². The van der Waals surface area contributed by atoms with E-state index in [-0.39, 0.29) is 36.2 Å². The lowest BCUT2D eigenvalue weighted by atomic mass is 10.0. The van der Waals surface area contributed by atoms with E-state index in [1.54, 1.807) is 0 Å². The molecule has 358 valence electrons. The maximum absolute atomic E-state index is 12.8. The van der Waals surface area contributed by atoms with E-state index < -0.39 is 18.1 Å². The molecular formula is C53H100NO7+. The van der Waals surface area contributed by atoms with Crippen LogP contribution in [0.15, 0.2) is 24.3 Å². The van der Waals surface area contributed by atoms with Crippen LogP contribution in [-0.2, 0) is 28.6 Å². The summed E-state index contributed by atoms with van der Waals surface area (Å²) in [5, 5.41) is 9.65. The summed E-state index contributed by atoms with van der Waals surface area (Å²) in [5.41, 5.74) is 0. The highest BCUT2D eigenvalue weighted by molar-refractivity contribution is 5.72. The summed E-state index contributed by atoms with van der Waals surface area (Å²) in [4.78, 5) is 37.2. The van der Waals surface area contributed by atoms with Crippen LogP contribution in [0.25, 0.3) is 0 Å². The number of esters is 2. The number of hydrogen-bond acceptors (Lipinski definition) is 6. The van der Waals surface area contributed by atoms with Gasteiger partial charge in [-0.2, -0.15) is 0 Å². The number of carbonyl (C=O) groups is 3. The fraction of sp³-hybridized carbons (Fsp3) is 0.868. The second-order valence-electron chi connectivity index (χ2n) is 18.8. The number of carboxylic acids is 1. The molecular weight excluding hydrogens is 763 g/mol. The van der Waals surface area contributed by atoms with Gasteiger partial charge < -0.3 is 23.8 Å². The Hall–Kier alpha value is -2.19. The highest BCUT2D eigenvalue weighted by Crippen LogP contribution is 2.17. The molecule has 0 amide bonds. The zero-order chi connectivity index (χ0) is 44.9. The fourth-order valence-electron chi connectivity index (χ4n) is 7.90. The molecule has 0 heterocycles. The predicted octanol–water partition coefficient (Wildman–Crippen LogP) is 14.8. The average Bonchev–Trinajstić information content (AvgIpc) is 3.22. The summed E-state index contributed by atoms with van der Waals surface area (Å²) in [6.45, 7) is 4.68. The number of hydrogen-bond donors (Lipinski definition) is 1. The Morgan fingerprint density at radius 1 is 0.508 bits per heavy atom. The minimum absolute atomic E-state index is 0.0451. The lowest BCUT2D eigenvalue weighted by Crippen LogP contribution is -2.50. The number of carbonyl (C=O) groups excluding carboxylic acids is 2. The van der Waals surface area contributed by atoms with Crippen molar-refractivity contribution in [2.24, 2.45) is 0 Å². The Morgan fingerprint density at radius 3 is 1.34 bits per heavy atom. The van der Waals surface area contributed by atoms with Crippen LogP contribution in [-0.4, -0.2) is 80.6 Å². The van der Waals surface area contributed by atoms with Crippen LogP contribution in [0.2, 0.25) is 0 Å². The van der Waals surface area contributed by atoms with Crippen molar-refractivity contribution >= 4 is 17.9 Å². The molecule has 0 aromatic carbocycles.